The van der Waals surface area contributed by atoms with Gasteiger partial charge in [0.25, 0.3) is 0 Å². The maximum absolute atomic E-state index is 13.7. The summed E-state index contributed by atoms with van der Waals surface area (Å²) in [6, 6.07) is 30.9. The van der Waals surface area contributed by atoms with E-state index >= 15 is 0 Å². The fourth-order valence-electron chi connectivity index (χ4n) is 4.61. The molecule has 3 nitrogen and oxygen atoms in total. The summed E-state index contributed by atoms with van der Waals surface area (Å²) in [5.74, 6) is -0.0806. The Morgan fingerprint density at radius 2 is 1.13 bits per heavy atom. The maximum Gasteiger partial charge on any atom is 0.326 e. The molecule has 3 heteroatoms. The minimum atomic E-state index is -0.585. The van der Waals surface area contributed by atoms with Crippen molar-refractivity contribution < 1.29 is 9.53 Å². The third-order valence-corrected chi connectivity index (χ3v) is 6.31. The van der Waals surface area contributed by atoms with E-state index in [-0.39, 0.29) is 5.97 Å². The van der Waals surface area contributed by atoms with Crippen LogP contribution in [0.15, 0.2) is 91.0 Å². The van der Waals surface area contributed by atoms with Crippen molar-refractivity contribution in [3.8, 4) is 0 Å². The van der Waals surface area contributed by atoms with Gasteiger partial charge in [0.2, 0.25) is 0 Å². The summed E-state index contributed by atoms with van der Waals surface area (Å²) >= 11 is 0. The van der Waals surface area contributed by atoms with Crippen LogP contribution in [0.5, 0.6) is 0 Å². The Kier molecular flexibility index (Phi) is 7.16. The summed E-state index contributed by atoms with van der Waals surface area (Å²) in [4.78, 5) is 16.0. The Bertz CT molecular complexity index is 893. The van der Waals surface area contributed by atoms with Crippen LogP contribution in [0, 0.1) is 0 Å². The standard InChI is InChI=1S/C28H31NO2/c30-27(31-23-26-17-9-3-10-18-26)28(19-11-4-12-20-28)29(21-24-13-5-1-6-14-24)22-25-15-7-2-8-16-25/h1-3,5-10,13-18H,4,11-12,19-23H2. The van der Waals surface area contributed by atoms with Crippen molar-refractivity contribution in [2.45, 2.75) is 57.3 Å². The fourth-order valence-corrected chi connectivity index (χ4v) is 4.61. The van der Waals surface area contributed by atoms with E-state index in [1.54, 1.807) is 0 Å². The quantitative estimate of drug-likeness (QED) is 0.416. The molecule has 4 rings (SSSR count). The molecule has 0 atom stereocenters. The van der Waals surface area contributed by atoms with E-state index in [1.165, 1.54) is 17.5 Å². The average Bonchev–Trinajstić information content (AvgIpc) is 2.84. The van der Waals surface area contributed by atoms with Gasteiger partial charge in [-0.1, -0.05) is 110 Å². The van der Waals surface area contributed by atoms with Crippen molar-refractivity contribution in [3.63, 3.8) is 0 Å². The minimum Gasteiger partial charge on any atom is -0.459 e. The van der Waals surface area contributed by atoms with Gasteiger partial charge in [-0.2, -0.15) is 0 Å². The van der Waals surface area contributed by atoms with E-state index in [1.807, 2.05) is 42.5 Å². The van der Waals surface area contributed by atoms with E-state index in [0.717, 1.165) is 44.3 Å². The molecule has 0 aliphatic heterocycles. The monoisotopic (exact) mass is 413 g/mol. The smallest absolute Gasteiger partial charge is 0.326 e. The van der Waals surface area contributed by atoms with E-state index < -0.39 is 5.54 Å². The van der Waals surface area contributed by atoms with E-state index in [2.05, 4.69) is 53.4 Å². The number of hydrogen-bond acceptors (Lipinski definition) is 3. The molecule has 0 aromatic heterocycles. The lowest BCUT2D eigenvalue weighted by molar-refractivity contribution is -0.164. The van der Waals surface area contributed by atoms with Crippen LogP contribution in [0.25, 0.3) is 0 Å². The van der Waals surface area contributed by atoms with Crippen molar-refractivity contribution in [2.24, 2.45) is 0 Å². The Hall–Kier alpha value is -2.91. The van der Waals surface area contributed by atoms with Gasteiger partial charge in [-0.25, -0.2) is 0 Å². The molecule has 0 unspecified atom stereocenters. The van der Waals surface area contributed by atoms with Gasteiger partial charge in [0.15, 0.2) is 0 Å². The highest BCUT2D eigenvalue weighted by atomic mass is 16.5. The molecule has 0 spiro atoms. The molecule has 0 N–H and O–H groups in total. The highest BCUT2D eigenvalue weighted by Crippen LogP contribution is 2.37. The molecule has 1 fully saturated rings. The summed E-state index contributed by atoms with van der Waals surface area (Å²) in [7, 11) is 0. The Morgan fingerprint density at radius 3 is 1.61 bits per heavy atom. The highest BCUT2D eigenvalue weighted by Gasteiger charge is 2.46. The number of esters is 1. The van der Waals surface area contributed by atoms with Gasteiger partial charge in [0.05, 0.1) is 0 Å². The van der Waals surface area contributed by atoms with Gasteiger partial charge >= 0.3 is 5.97 Å². The van der Waals surface area contributed by atoms with E-state index in [4.69, 9.17) is 4.74 Å². The largest absolute Gasteiger partial charge is 0.459 e. The Morgan fingerprint density at radius 1 is 0.677 bits per heavy atom. The predicted octanol–water partition coefficient (Wildman–Crippen LogP) is 6.14. The lowest BCUT2D eigenvalue weighted by atomic mass is 9.79. The number of benzene rings is 3. The zero-order valence-electron chi connectivity index (χ0n) is 18.1. The number of hydrogen-bond donors (Lipinski definition) is 0. The maximum atomic E-state index is 13.7. The molecular weight excluding hydrogens is 382 g/mol. The van der Waals surface area contributed by atoms with Crippen molar-refractivity contribution in [3.05, 3.63) is 108 Å². The SMILES string of the molecule is O=C(OCc1ccccc1)C1(N(Cc2ccccc2)Cc2ccccc2)CCCCC1. The summed E-state index contributed by atoms with van der Waals surface area (Å²) in [6.45, 7) is 1.79. The van der Waals surface area contributed by atoms with Crippen LogP contribution in [0.2, 0.25) is 0 Å². The van der Waals surface area contributed by atoms with Crippen molar-refractivity contribution in [1.29, 1.82) is 0 Å². The molecule has 0 heterocycles. The lowest BCUT2D eigenvalue weighted by Crippen LogP contribution is -2.55. The summed E-state index contributed by atoms with van der Waals surface area (Å²) in [5.41, 5.74) is 2.89. The Balaban J connectivity index is 1.61. The van der Waals surface area contributed by atoms with Crippen LogP contribution in [0.4, 0.5) is 0 Å². The van der Waals surface area contributed by atoms with Gasteiger partial charge in [-0.3, -0.25) is 9.69 Å². The minimum absolute atomic E-state index is 0.0806. The van der Waals surface area contributed by atoms with Gasteiger partial charge in [-0.05, 0) is 29.5 Å². The average molecular weight is 414 g/mol. The highest BCUT2D eigenvalue weighted by molar-refractivity contribution is 5.81. The number of nitrogens with zero attached hydrogens (tertiary/aromatic N) is 1. The van der Waals surface area contributed by atoms with Gasteiger partial charge in [-0.15, -0.1) is 0 Å². The summed E-state index contributed by atoms with van der Waals surface area (Å²) < 4.78 is 5.95. The second kappa shape index (κ2) is 10.4. The zero-order chi connectivity index (χ0) is 21.4. The van der Waals surface area contributed by atoms with Gasteiger partial charge < -0.3 is 4.74 Å². The molecule has 0 bridgehead atoms. The number of carbonyl (C=O) groups is 1. The molecule has 0 saturated heterocycles. The third kappa shape index (κ3) is 5.42. The predicted molar refractivity (Wildman–Crippen MR) is 124 cm³/mol. The number of rotatable bonds is 8. The Labute approximate surface area is 185 Å². The zero-order valence-corrected chi connectivity index (χ0v) is 18.1. The first-order valence-corrected chi connectivity index (χ1v) is 11.3. The van der Waals surface area contributed by atoms with E-state index in [0.29, 0.717) is 6.61 Å². The summed E-state index contributed by atoms with van der Waals surface area (Å²) in [6.07, 6.45) is 4.99. The first-order chi connectivity index (χ1) is 15.3. The van der Waals surface area contributed by atoms with Crippen LogP contribution < -0.4 is 0 Å². The second-order valence-corrected chi connectivity index (χ2v) is 8.48. The van der Waals surface area contributed by atoms with Crippen molar-refractivity contribution in [1.82, 2.24) is 4.90 Å². The fraction of sp³-hybridized carbons (Fsp3) is 0.321. The van der Waals surface area contributed by atoms with Crippen LogP contribution in [-0.2, 0) is 29.2 Å². The van der Waals surface area contributed by atoms with Crippen molar-refractivity contribution >= 4 is 5.97 Å². The first kappa shape index (κ1) is 21.3. The number of ether oxygens (including phenoxy) is 1. The number of carbonyl (C=O) groups excluding carboxylic acids is 1. The first-order valence-electron chi connectivity index (χ1n) is 11.3. The van der Waals surface area contributed by atoms with Crippen LogP contribution in [0.1, 0.15) is 48.8 Å². The molecular formula is C28H31NO2. The molecule has 3 aromatic rings. The molecule has 3 aromatic carbocycles. The van der Waals surface area contributed by atoms with E-state index in [9.17, 15) is 4.79 Å². The molecule has 1 saturated carbocycles. The normalized spacial score (nSPS) is 15.5. The second-order valence-electron chi connectivity index (χ2n) is 8.48. The van der Waals surface area contributed by atoms with Gasteiger partial charge in [0.1, 0.15) is 12.1 Å². The topological polar surface area (TPSA) is 29.5 Å². The van der Waals surface area contributed by atoms with Crippen LogP contribution >= 0.6 is 0 Å². The third-order valence-electron chi connectivity index (χ3n) is 6.31. The molecule has 0 amide bonds. The van der Waals surface area contributed by atoms with Crippen LogP contribution in [-0.4, -0.2) is 16.4 Å². The van der Waals surface area contributed by atoms with Crippen molar-refractivity contribution in [2.75, 3.05) is 0 Å². The van der Waals surface area contributed by atoms with Gasteiger partial charge in [0, 0.05) is 13.1 Å². The van der Waals surface area contributed by atoms with Crippen LogP contribution in [0.3, 0.4) is 0 Å². The lowest BCUT2D eigenvalue weighted by Gasteiger charge is -2.44. The molecule has 1 aliphatic rings. The molecule has 0 radical (unpaired) electrons. The molecule has 160 valence electrons. The molecule has 1 aliphatic carbocycles. The summed E-state index contributed by atoms with van der Waals surface area (Å²) in [5, 5.41) is 0. The molecule has 31 heavy (non-hydrogen) atoms.